The van der Waals surface area contributed by atoms with Crippen LogP contribution >= 0.6 is 0 Å². The zero-order valence-corrected chi connectivity index (χ0v) is 19.9. The highest BCUT2D eigenvalue weighted by Crippen LogP contribution is 2.29. The van der Waals surface area contributed by atoms with Crippen LogP contribution in [0.4, 0.5) is 0 Å². The molecule has 0 saturated heterocycles. The first-order valence-corrected chi connectivity index (χ1v) is 12.8. The molecular formula is C25H29N3O5S. The van der Waals surface area contributed by atoms with E-state index >= 15 is 0 Å². The number of carboxylic acid groups (broad SMARTS) is 1. The molecule has 2 N–H and O–H groups in total. The normalized spacial score (nSPS) is 19.0. The fourth-order valence-corrected chi connectivity index (χ4v) is 5.00. The number of ether oxygens (including phenoxy) is 1. The Balaban J connectivity index is 1.34. The molecule has 4 rings (SSSR count). The van der Waals surface area contributed by atoms with Crippen molar-refractivity contribution in [3.05, 3.63) is 65.5 Å². The van der Waals surface area contributed by atoms with Crippen molar-refractivity contribution in [2.75, 3.05) is 5.75 Å². The van der Waals surface area contributed by atoms with Crippen LogP contribution < -0.4 is 9.46 Å². The Morgan fingerprint density at radius 2 is 2.06 bits per heavy atom. The Bertz CT molecular complexity index is 1120. The highest BCUT2D eigenvalue weighted by atomic mass is 32.2. The topological polar surface area (TPSA) is 115 Å². The van der Waals surface area contributed by atoms with Crippen molar-refractivity contribution >= 4 is 17.0 Å². The molecule has 1 aromatic carbocycles. The van der Waals surface area contributed by atoms with Gasteiger partial charge in [0.15, 0.2) is 5.76 Å². The van der Waals surface area contributed by atoms with Gasteiger partial charge in [0.2, 0.25) is 0 Å². The standard InChI is InChI=1S/C25H29N3O5S/c1-17-22(16-27-34(31)13-12-18-6-3-2-4-7-18)24(33-28-17)23-11-10-21(15-26-23)32-20-9-5-8-19(14-20)25(29)30/h2-4,6-7,10-11,15,19-20,27H,5,8-9,12-14,16H2,1H3,(H,29,30)/t19-,20-,34?/m0/s1. The van der Waals surface area contributed by atoms with E-state index in [0.717, 1.165) is 30.4 Å². The average molecular weight is 484 g/mol. The van der Waals surface area contributed by atoms with Crippen molar-refractivity contribution in [1.82, 2.24) is 14.9 Å². The lowest BCUT2D eigenvalue weighted by Crippen LogP contribution is -2.29. The molecule has 0 spiro atoms. The van der Waals surface area contributed by atoms with Crippen LogP contribution in [0.25, 0.3) is 11.5 Å². The lowest BCUT2D eigenvalue weighted by molar-refractivity contribution is -0.143. The number of rotatable bonds is 10. The highest BCUT2D eigenvalue weighted by molar-refractivity contribution is 7.82. The summed E-state index contributed by atoms with van der Waals surface area (Å²) in [6, 6.07) is 13.6. The third-order valence-electron chi connectivity index (χ3n) is 6.06. The Morgan fingerprint density at radius 1 is 1.24 bits per heavy atom. The number of benzene rings is 1. The van der Waals surface area contributed by atoms with Crippen molar-refractivity contribution in [3.63, 3.8) is 0 Å². The Labute approximate surface area is 201 Å². The van der Waals surface area contributed by atoms with Gasteiger partial charge in [-0.3, -0.25) is 4.79 Å². The molecule has 180 valence electrons. The van der Waals surface area contributed by atoms with E-state index < -0.39 is 17.0 Å². The number of carboxylic acids is 1. The van der Waals surface area contributed by atoms with E-state index in [1.165, 1.54) is 0 Å². The van der Waals surface area contributed by atoms with Crippen molar-refractivity contribution in [2.45, 2.75) is 51.7 Å². The van der Waals surface area contributed by atoms with Crippen LogP contribution in [0.2, 0.25) is 0 Å². The van der Waals surface area contributed by atoms with Crippen molar-refractivity contribution in [1.29, 1.82) is 0 Å². The Hall–Kier alpha value is -3.04. The highest BCUT2D eigenvalue weighted by Gasteiger charge is 2.28. The van der Waals surface area contributed by atoms with E-state index in [4.69, 9.17) is 9.26 Å². The van der Waals surface area contributed by atoms with Gasteiger partial charge < -0.3 is 14.4 Å². The molecule has 2 heterocycles. The molecule has 3 atom stereocenters. The van der Waals surface area contributed by atoms with Crippen LogP contribution in [0.1, 0.15) is 42.5 Å². The minimum atomic E-state index is -1.19. The van der Waals surface area contributed by atoms with Crippen LogP contribution in [0, 0.1) is 12.8 Å². The van der Waals surface area contributed by atoms with Crippen LogP contribution in [0.5, 0.6) is 5.75 Å². The van der Waals surface area contributed by atoms with Crippen LogP contribution in [0.3, 0.4) is 0 Å². The van der Waals surface area contributed by atoms with Crippen LogP contribution in [-0.4, -0.2) is 37.3 Å². The molecule has 1 aliphatic carbocycles. The van der Waals surface area contributed by atoms with Gasteiger partial charge in [0.25, 0.3) is 0 Å². The molecule has 34 heavy (non-hydrogen) atoms. The molecule has 3 aromatic rings. The minimum Gasteiger partial charge on any atom is -0.489 e. The Morgan fingerprint density at radius 3 is 2.79 bits per heavy atom. The average Bonchev–Trinajstić information content (AvgIpc) is 3.23. The number of pyridine rings is 1. The zero-order chi connectivity index (χ0) is 23.9. The first-order valence-electron chi connectivity index (χ1n) is 11.5. The number of nitrogens with zero attached hydrogens (tertiary/aromatic N) is 2. The molecular weight excluding hydrogens is 454 g/mol. The summed E-state index contributed by atoms with van der Waals surface area (Å²) in [5.41, 5.74) is 3.28. The molecule has 1 fully saturated rings. The smallest absolute Gasteiger partial charge is 0.306 e. The Kier molecular flexibility index (Phi) is 8.08. The van der Waals surface area contributed by atoms with Crippen molar-refractivity contribution in [2.24, 2.45) is 5.92 Å². The summed E-state index contributed by atoms with van der Waals surface area (Å²) in [7, 11) is -1.19. The van der Waals surface area contributed by atoms with Gasteiger partial charge in [0.1, 0.15) is 11.4 Å². The molecule has 1 aliphatic rings. The second kappa shape index (κ2) is 11.4. The summed E-state index contributed by atoms with van der Waals surface area (Å²) in [5.74, 6) is 0.525. The largest absolute Gasteiger partial charge is 0.489 e. The van der Waals surface area contributed by atoms with Crippen molar-refractivity contribution < 1.29 is 23.4 Å². The summed E-state index contributed by atoms with van der Waals surface area (Å²) in [6.07, 6.45) is 5.11. The van der Waals surface area contributed by atoms with E-state index in [-0.39, 0.29) is 12.0 Å². The number of hydrogen-bond acceptors (Lipinski definition) is 6. The number of carbonyl (C=O) groups is 1. The number of aromatic nitrogens is 2. The first-order chi connectivity index (χ1) is 16.5. The maximum Gasteiger partial charge on any atom is 0.306 e. The third-order valence-corrected chi connectivity index (χ3v) is 7.10. The molecule has 8 nitrogen and oxygen atoms in total. The van der Waals surface area contributed by atoms with E-state index in [2.05, 4.69) is 14.9 Å². The fourth-order valence-electron chi connectivity index (χ4n) is 4.13. The lowest BCUT2D eigenvalue weighted by atomic mass is 9.87. The summed E-state index contributed by atoms with van der Waals surface area (Å²) >= 11 is 0. The number of nitrogens with one attached hydrogen (secondary N) is 1. The zero-order valence-electron chi connectivity index (χ0n) is 19.1. The molecule has 2 aromatic heterocycles. The van der Waals surface area contributed by atoms with Gasteiger partial charge in [-0.2, -0.15) is 0 Å². The first kappa shape index (κ1) is 24.1. The van der Waals surface area contributed by atoms with Crippen molar-refractivity contribution in [3.8, 4) is 17.2 Å². The van der Waals surface area contributed by atoms with Gasteiger partial charge in [0.05, 0.1) is 34.9 Å². The van der Waals surface area contributed by atoms with E-state index in [1.54, 1.807) is 18.3 Å². The quantitative estimate of drug-likeness (QED) is 0.447. The third kappa shape index (κ3) is 6.30. The molecule has 0 bridgehead atoms. The van der Waals surface area contributed by atoms with Gasteiger partial charge in [-0.05, 0) is 56.7 Å². The van der Waals surface area contributed by atoms with Gasteiger partial charge in [-0.15, -0.1) is 0 Å². The van der Waals surface area contributed by atoms with Crippen LogP contribution in [-0.2, 0) is 28.7 Å². The number of aliphatic carboxylic acids is 1. The van der Waals surface area contributed by atoms with Gasteiger partial charge in [-0.25, -0.2) is 13.9 Å². The predicted molar refractivity (Wildman–Crippen MR) is 128 cm³/mol. The molecule has 1 unspecified atom stereocenters. The summed E-state index contributed by atoms with van der Waals surface area (Å²) < 4.78 is 27.0. The summed E-state index contributed by atoms with van der Waals surface area (Å²) in [4.78, 5) is 15.7. The fraction of sp³-hybridized carbons (Fsp3) is 0.400. The van der Waals surface area contributed by atoms with Gasteiger partial charge in [0, 0.05) is 17.9 Å². The maximum atomic E-state index is 12.4. The molecule has 9 heteroatoms. The van der Waals surface area contributed by atoms with Crippen LogP contribution in [0.15, 0.2) is 53.2 Å². The van der Waals surface area contributed by atoms with E-state index in [9.17, 15) is 14.1 Å². The molecule has 0 amide bonds. The number of aryl methyl sites for hydroxylation is 2. The van der Waals surface area contributed by atoms with Gasteiger partial charge >= 0.3 is 5.97 Å². The summed E-state index contributed by atoms with van der Waals surface area (Å²) in [5, 5.41) is 13.3. The summed E-state index contributed by atoms with van der Waals surface area (Å²) in [6.45, 7) is 2.20. The van der Waals surface area contributed by atoms with Gasteiger partial charge in [-0.1, -0.05) is 35.5 Å². The SMILES string of the molecule is Cc1noc(-c2ccc(O[C@H]3CCC[C@H](C(=O)O)C3)cn2)c1CNS(=O)CCc1ccccc1. The maximum absolute atomic E-state index is 12.4. The second-order valence-electron chi connectivity index (χ2n) is 8.50. The van der Waals surface area contributed by atoms with E-state index in [1.807, 2.05) is 37.3 Å². The molecule has 0 radical (unpaired) electrons. The lowest BCUT2D eigenvalue weighted by Gasteiger charge is -2.27. The predicted octanol–water partition coefficient (Wildman–Crippen LogP) is 4.06. The second-order valence-corrected chi connectivity index (χ2v) is 9.89. The van der Waals surface area contributed by atoms with E-state index in [0.29, 0.717) is 48.0 Å². The minimum absolute atomic E-state index is 0.124. The monoisotopic (exact) mass is 483 g/mol. The number of hydrogen-bond donors (Lipinski definition) is 2. The molecule has 1 saturated carbocycles. The molecule has 0 aliphatic heterocycles.